The summed E-state index contributed by atoms with van der Waals surface area (Å²) in [6.07, 6.45) is 3.04. The summed E-state index contributed by atoms with van der Waals surface area (Å²) in [6.45, 7) is 4.95. The van der Waals surface area contributed by atoms with E-state index in [2.05, 4.69) is 13.8 Å². The summed E-state index contributed by atoms with van der Waals surface area (Å²) in [6, 6.07) is 10.1. The van der Waals surface area contributed by atoms with Crippen molar-refractivity contribution in [2.75, 3.05) is 6.54 Å². The van der Waals surface area contributed by atoms with Crippen molar-refractivity contribution in [3.8, 4) is 0 Å². The summed E-state index contributed by atoms with van der Waals surface area (Å²) in [5, 5.41) is 0. The van der Waals surface area contributed by atoms with Gasteiger partial charge in [0.15, 0.2) is 0 Å². The maximum atomic E-state index is 12.9. The smallest absolute Gasteiger partial charge is 0.233 e. The highest BCUT2D eigenvalue weighted by Crippen LogP contribution is 2.31. The molecule has 2 rings (SSSR count). The van der Waals surface area contributed by atoms with Crippen LogP contribution in [0, 0.1) is 11.8 Å². The Kier molecular flexibility index (Phi) is 5.34. The first-order valence-electron chi connectivity index (χ1n) is 7.62. The molecule has 114 valence electrons. The molecule has 1 fully saturated rings. The minimum absolute atomic E-state index is 0.0771. The van der Waals surface area contributed by atoms with E-state index >= 15 is 0 Å². The lowest BCUT2D eigenvalue weighted by atomic mass is 9.97. The average Bonchev–Trinajstić information content (AvgIpc) is 3.26. The van der Waals surface area contributed by atoms with Crippen molar-refractivity contribution < 1.29 is 4.79 Å². The molecule has 0 radical (unpaired) electrons. The second-order valence-electron chi connectivity index (χ2n) is 6.17. The van der Waals surface area contributed by atoms with E-state index in [1.54, 1.807) is 0 Å². The number of rotatable bonds is 7. The molecule has 0 saturated heterocycles. The van der Waals surface area contributed by atoms with Crippen molar-refractivity contribution in [2.24, 2.45) is 17.6 Å². The normalized spacial score (nSPS) is 15.8. The van der Waals surface area contributed by atoms with Gasteiger partial charge in [0.05, 0.1) is 10.9 Å². The van der Waals surface area contributed by atoms with Crippen LogP contribution < -0.4 is 5.73 Å². The Morgan fingerprint density at radius 2 is 1.95 bits per heavy atom. The average molecular weight is 304 g/mol. The van der Waals surface area contributed by atoms with Gasteiger partial charge in [-0.2, -0.15) is 0 Å². The molecule has 1 atom stereocenters. The van der Waals surface area contributed by atoms with Gasteiger partial charge in [-0.1, -0.05) is 42.5 Å². The third-order valence-electron chi connectivity index (χ3n) is 3.98. The number of benzene rings is 1. The molecule has 21 heavy (non-hydrogen) atoms. The highest BCUT2D eigenvalue weighted by molar-refractivity contribution is 7.80. The summed E-state index contributed by atoms with van der Waals surface area (Å²) < 4.78 is 0. The van der Waals surface area contributed by atoms with Crippen LogP contribution in [0.5, 0.6) is 0 Å². The Bertz CT molecular complexity index is 497. The van der Waals surface area contributed by atoms with Gasteiger partial charge < -0.3 is 10.6 Å². The summed E-state index contributed by atoms with van der Waals surface area (Å²) in [7, 11) is 0. The van der Waals surface area contributed by atoms with Gasteiger partial charge in [0, 0.05) is 12.6 Å². The van der Waals surface area contributed by atoms with Crippen LogP contribution in [0.25, 0.3) is 0 Å². The summed E-state index contributed by atoms with van der Waals surface area (Å²) >= 11 is 5.16. The van der Waals surface area contributed by atoms with Crippen LogP contribution in [-0.4, -0.2) is 28.4 Å². The molecule has 1 aliphatic rings. The highest BCUT2D eigenvalue weighted by atomic mass is 32.1. The number of amides is 1. The van der Waals surface area contributed by atoms with E-state index in [1.165, 1.54) is 12.8 Å². The second-order valence-corrected chi connectivity index (χ2v) is 6.64. The molecule has 4 heteroatoms. The van der Waals surface area contributed by atoms with Gasteiger partial charge in [-0.05, 0) is 44.6 Å². The molecule has 1 amide bonds. The Morgan fingerprint density at radius 3 is 2.43 bits per heavy atom. The maximum Gasteiger partial charge on any atom is 0.233 e. The summed E-state index contributed by atoms with van der Waals surface area (Å²) in [5.41, 5.74) is 6.95. The van der Waals surface area contributed by atoms with Gasteiger partial charge in [0.25, 0.3) is 0 Å². The van der Waals surface area contributed by atoms with Gasteiger partial charge in [0.2, 0.25) is 5.91 Å². The van der Waals surface area contributed by atoms with Crippen molar-refractivity contribution in [3.63, 3.8) is 0 Å². The molecule has 0 aliphatic heterocycles. The van der Waals surface area contributed by atoms with Crippen LogP contribution in [0.3, 0.4) is 0 Å². The first-order valence-corrected chi connectivity index (χ1v) is 8.03. The fourth-order valence-corrected chi connectivity index (χ4v) is 2.68. The van der Waals surface area contributed by atoms with E-state index < -0.39 is 5.92 Å². The largest absolute Gasteiger partial charge is 0.393 e. The quantitative estimate of drug-likeness (QED) is 0.788. The van der Waals surface area contributed by atoms with E-state index in [9.17, 15) is 4.79 Å². The lowest BCUT2D eigenvalue weighted by Gasteiger charge is -2.30. The first kappa shape index (κ1) is 16.0. The van der Waals surface area contributed by atoms with Crippen LogP contribution >= 0.6 is 12.2 Å². The third kappa shape index (κ3) is 4.53. The molecule has 2 N–H and O–H groups in total. The molecule has 0 bridgehead atoms. The number of hydrogen-bond acceptors (Lipinski definition) is 2. The minimum Gasteiger partial charge on any atom is -0.393 e. The Balaban J connectivity index is 2.11. The van der Waals surface area contributed by atoms with Crippen molar-refractivity contribution in [1.82, 2.24) is 4.90 Å². The second kappa shape index (κ2) is 7.03. The molecule has 1 aromatic rings. The zero-order valence-electron chi connectivity index (χ0n) is 12.8. The Morgan fingerprint density at radius 1 is 1.33 bits per heavy atom. The maximum absolute atomic E-state index is 12.9. The number of carbonyl (C=O) groups is 1. The topological polar surface area (TPSA) is 46.3 Å². The van der Waals surface area contributed by atoms with Crippen LogP contribution in [-0.2, 0) is 11.2 Å². The molecular formula is C17H24N2OS. The van der Waals surface area contributed by atoms with Crippen LogP contribution in [0.1, 0.15) is 32.3 Å². The lowest BCUT2D eigenvalue weighted by Crippen LogP contribution is -2.46. The Labute approximate surface area is 132 Å². The summed E-state index contributed by atoms with van der Waals surface area (Å²) in [5.74, 6) is 0.344. The van der Waals surface area contributed by atoms with Gasteiger partial charge in [-0.25, -0.2) is 0 Å². The highest BCUT2D eigenvalue weighted by Gasteiger charge is 2.32. The SMILES string of the molecule is CC(C)N(CC1CC1)C(=O)C(Cc1ccccc1)C(N)=S. The van der Waals surface area contributed by atoms with Gasteiger partial charge >= 0.3 is 0 Å². The number of carbonyl (C=O) groups excluding carboxylic acids is 1. The third-order valence-corrected chi connectivity index (χ3v) is 4.27. The number of thiocarbonyl (C=S) groups is 1. The van der Waals surface area contributed by atoms with Crippen molar-refractivity contribution >= 4 is 23.1 Å². The molecule has 1 saturated carbocycles. The van der Waals surface area contributed by atoms with Gasteiger partial charge in [-0.15, -0.1) is 0 Å². The molecule has 1 aromatic carbocycles. The van der Waals surface area contributed by atoms with Gasteiger partial charge in [0.1, 0.15) is 0 Å². The van der Waals surface area contributed by atoms with E-state index in [-0.39, 0.29) is 11.9 Å². The van der Waals surface area contributed by atoms with Crippen molar-refractivity contribution in [3.05, 3.63) is 35.9 Å². The zero-order chi connectivity index (χ0) is 15.4. The predicted molar refractivity (Wildman–Crippen MR) is 90.0 cm³/mol. The number of nitrogens with two attached hydrogens (primary N) is 1. The lowest BCUT2D eigenvalue weighted by molar-refractivity contribution is -0.135. The molecule has 0 spiro atoms. The summed E-state index contributed by atoms with van der Waals surface area (Å²) in [4.78, 5) is 15.1. The fraction of sp³-hybridized carbons (Fsp3) is 0.529. The van der Waals surface area contributed by atoms with Crippen LogP contribution in [0.2, 0.25) is 0 Å². The molecule has 3 nitrogen and oxygen atoms in total. The van der Waals surface area contributed by atoms with E-state index in [4.69, 9.17) is 18.0 Å². The predicted octanol–water partition coefficient (Wildman–Crippen LogP) is 2.78. The number of hydrogen-bond donors (Lipinski definition) is 1. The molecule has 1 unspecified atom stereocenters. The number of nitrogens with zero attached hydrogens (tertiary/aromatic N) is 1. The Hall–Kier alpha value is -1.42. The van der Waals surface area contributed by atoms with E-state index in [0.29, 0.717) is 17.3 Å². The standard InChI is InChI=1S/C17H24N2OS/c1-12(2)19(11-14-8-9-14)17(20)15(16(18)21)10-13-6-4-3-5-7-13/h3-7,12,14-15H,8-11H2,1-2H3,(H2,18,21). The molecule has 0 aromatic heterocycles. The minimum atomic E-state index is -0.399. The monoisotopic (exact) mass is 304 g/mol. The van der Waals surface area contributed by atoms with Crippen LogP contribution in [0.4, 0.5) is 0 Å². The van der Waals surface area contributed by atoms with E-state index in [0.717, 1.165) is 12.1 Å². The van der Waals surface area contributed by atoms with E-state index in [1.807, 2.05) is 35.2 Å². The first-order chi connectivity index (χ1) is 9.99. The van der Waals surface area contributed by atoms with Crippen molar-refractivity contribution in [1.29, 1.82) is 0 Å². The van der Waals surface area contributed by atoms with Crippen LogP contribution in [0.15, 0.2) is 30.3 Å². The zero-order valence-corrected chi connectivity index (χ0v) is 13.6. The molecule has 0 heterocycles. The molecular weight excluding hydrogens is 280 g/mol. The molecule has 1 aliphatic carbocycles. The van der Waals surface area contributed by atoms with Gasteiger partial charge in [-0.3, -0.25) is 4.79 Å². The van der Waals surface area contributed by atoms with Crippen molar-refractivity contribution in [2.45, 2.75) is 39.2 Å². The fourth-order valence-electron chi connectivity index (χ4n) is 2.49.